The molecule has 0 unspecified atom stereocenters. The lowest BCUT2D eigenvalue weighted by atomic mass is 10.2. The average molecular weight is 262 g/mol. The molecule has 0 radical (unpaired) electrons. The fourth-order valence-corrected chi connectivity index (χ4v) is 1.65. The molecule has 100 valence electrons. The minimum absolute atomic E-state index is 0.0763. The van der Waals surface area contributed by atoms with Gasteiger partial charge in [-0.15, -0.1) is 0 Å². The molecule has 1 N–H and O–H groups in total. The first-order valence-corrected chi connectivity index (χ1v) is 5.94. The highest BCUT2D eigenvalue weighted by atomic mass is 16.6. The van der Waals surface area contributed by atoms with E-state index in [4.69, 9.17) is 0 Å². The Morgan fingerprint density at radius 1 is 1.47 bits per heavy atom. The summed E-state index contributed by atoms with van der Waals surface area (Å²) in [5, 5.41) is 25.0. The molecule has 8 nitrogen and oxygen atoms in total. The molecule has 0 aliphatic rings. The Hall–Kier alpha value is -2.51. The molecule has 0 atom stereocenters. The van der Waals surface area contributed by atoms with Crippen molar-refractivity contribution in [1.29, 1.82) is 0 Å². The second kappa shape index (κ2) is 5.89. The van der Waals surface area contributed by atoms with Gasteiger partial charge < -0.3 is 5.32 Å². The normalized spacial score (nSPS) is 10.4. The summed E-state index contributed by atoms with van der Waals surface area (Å²) in [6.07, 6.45) is 0.927. The molecule has 0 amide bonds. The summed E-state index contributed by atoms with van der Waals surface area (Å²) in [5.74, 6) is 0.563. The molecule has 1 heterocycles. The molecule has 0 aliphatic carbocycles. The van der Waals surface area contributed by atoms with Gasteiger partial charge in [0, 0.05) is 25.2 Å². The number of nitrogens with zero attached hydrogens (tertiary/aromatic N) is 5. The predicted octanol–water partition coefficient (Wildman–Crippen LogP) is 1.60. The summed E-state index contributed by atoms with van der Waals surface area (Å²) in [5.41, 5.74) is 0.882. The van der Waals surface area contributed by atoms with Gasteiger partial charge in [0.15, 0.2) is 0 Å². The van der Waals surface area contributed by atoms with Crippen molar-refractivity contribution in [2.75, 3.05) is 5.32 Å². The van der Waals surface area contributed by atoms with Gasteiger partial charge in [0.1, 0.15) is 0 Å². The second-order valence-electron chi connectivity index (χ2n) is 4.01. The number of nitro benzene ring substituents is 1. The van der Waals surface area contributed by atoms with E-state index < -0.39 is 4.92 Å². The molecular formula is C11H14N6O2. The third kappa shape index (κ3) is 3.24. The fraction of sp³-hybridized carbons (Fsp3) is 0.364. The van der Waals surface area contributed by atoms with E-state index in [1.54, 1.807) is 10.7 Å². The molecule has 0 aliphatic heterocycles. The third-order valence-corrected chi connectivity index (χ3v) is 2.54. The molecule has 1 aromatic heterocycles. The molecule has 1 aromatic carbocycles. The van der Waals surface area contributed by atoms with E-state index >= 15 is 0 Å². The van der Waals surface area contributed by atoms with Crippen LogP contribution in [0.1, 0.15) is 18.9 Å². The van der Waals surface area contributed by atoms with Gasteiger partial charge in [-0.3, -0.25) is 10.1 Å². The Morgan fingerprint density at radius 3 is 3.05 bits per heavy atom. The standard InChI is InChI=1S/C11H14N6O2/c1-2-6-16-11(13-14-15-16)12-8-9-4-3-5-10(7-9)17(18)19/h3-5,7H,2,6,8H2,1H3,(H,12,13,15). The smallest absolute Gasteiger partial charge is 0.269 e. The lowest BCUT2D eigenvalue weighted by Gasteiger charge is -2.06. The molecule has 2 rings (SSSR count). The maximum Gasteiger partial charge on any atom is 0.269 e. The number of aryl methyl sites for hydroxylation is 1. The molecule has 19 heavy (non-hydrogen) atoms. The number of benzene rings is 1. The molecule has 2 aromatic rings. The van der Waals surface area contributed by atoms with Crippen molar-refractivity contribution in [3.63, 3.8) is 0 Å². The molecule has 0 fully saturated rings. The van der Waals surface area contributed by atoms with Crippen molar-refractivity contribution in [2.45, 2.75) is 26.4 Å². The van der Waals surface area contributed by atoms with Gasteiger partial charge in [0.2, 0.25) is 5.95 Å². The van der Waals surface area contributed by atoms with Crippen molar-refractivity contribution in [3.8, 4) is 0 Å². The van der Waals surface area contributed by atoms with Crippen LogP contribution in [0.2, 0.25) is 0 Å². The summed E-state index contributed by atoms with van der Waals surface area (Å²) in [7, 11) is 0. The van der Waals surface area contributed by atoms with Crippen LogP contribution in [0.15, 0.2) is 24.3 Å². The number of nitro groups is 1. The summed E-state index contributed by atoms with van der Waals surface area (Å²) >= 11 is 0. The first-order chi connectivity index (χ1) is 9.20. The molecule has 0 bridgehead atoms. The fourth-order valence-electron chi connectivity index (χ4n) is 1.65. The van der Waals surface area contributed by atoms with Crippen molar-refractivity contribution in [1.82, 2.24) is 20.2 Å². The molecule has 0 spiro atoms. The number of tetrazole rings is 1. The zero-order chi connectivity index (χ0) is 13.7. The first-order valence-electron chi connectivity index (χ1n) is 5.94. The quantitative estimate of drug-likeness (QED) is 0.627. The third-order valence-electron chi connectivity index (χ3n) is 2.54. The van der Waals surface area contributed by atoms with Crippen LogP contribution in [0.4, 0.5) is 11.6 Å². The van der Waals surface area contributed by atoms with Gasteiger partial charge in [-0.25, -0.2) is 4.68 Å². The zero-order valence-electron chi connectivity index (χ0n) is 10.5. The lowest BCUT2D eigenvalue weighted by molar-refractivity contribution is -0.384. The van der Waals surface area contributed by atoms with Gasteiger partial charge >= 0.3 is 0 Å². The summed E-state index contributed by atoms with van der Waals surface area (Å²) in [6.45, 7) is 3.20. The van der Waals surface area contributed by atoms with Crippen molar-refractivity contribution < 1.29 is 4.92 Å². The SMILES string of the molecule is CCCn1nnnc1NCc1cccc([N+](=O)[O-])c1. The minimum atomic E-state index is -0.412. The topological polar surface area (TPSA) is 98.8 Å². The Labute approximate surface area is 109 Å². The summed E-state index contributed by atoms with van der Waals surface area (Å²) in [6, 6.07) is 6.46. The monoisotopic (exact) mass is 262 g/mol. The lowest BCUT2D eigenvalue weighted by Crippen LogP contribution is -2.08. The Kier molecular flexibility index (Phi) is 4.01. The Bertz CT molecular complexity index is 568. The van der Waals surface area contributed by atoms with Crippen molar-refractivity contribution in [2.24, 2.45) is 0 Å². The number of non-ortho nitro benzene ring substituents is 1. The first kappa shape index (κ1) is 12.9. The maximum absolute atomic E-state index is 10.7. The average Bonchev–Trinajstić information content (AvgIpc) is 2.85. The number of nitrogens with one attached hydrogen (secondary N) is 1. The summed E-state index contributed by atoms with van der Waals surface area (Å²) in [4.78, 5) is 10.3. The molecule has 0 saturated heterocycles. The highest BCUT2D eigenvalue weighted by Gasteiger charge is 2.07. The van der Waals surface area contributed by atoms with E-state index in [2.05, 4.69) is 20.8 Å². The second-order valence-corrected chi connectivity index (χ2v) is 4.01. The van der Waals surface area contributed by atoms with Crippen LogP contribution in [0, 0.1) is 10.1 Å². The van der Waals surface area contributed by atoms with Gasteiger partial charge in [0.05, 0.1) is 4.92 Å². The van der Waals surface area contributed by atoms with Crippen LogP contribution in [0.25, 0.3) is 0 Å². The largest absolute Gasteiger partial charge is 0.349 e. The van der Waals surface area contributed by atoms with E-state index in [1.165, 1.54) is 12.1 Å². The predicted molar refractivity (Wildman–Crippen MR) is 68.5 cm³/mol. The van der Waals surface area contributed by atoms with E-state index in [0.29, 0.717) is 12.5 Å². The maximum atomic E-state index is 10.7. The van der Waals surface area contributed by atoms with Crippen LogP contribution in [-0.2, 0) is 13.1 Å². The van der Waals surface area contributed by atoms with Crippen LogP contribution in [-0.4, -0.2) is 25.1 Å². The molecule has 0 saturated carbocycles. The van der Waals surface area contributed by atoms with Gasteiger partial charge in [-0.1, -0.05) is 24.2 Å². The van der Waals surface area contributed by atoms with E-state index in [-0.39, 0.29) is 5.69 Å². The molecular weight excluding hydrogens is 248 g/mol. The number of anilines is 1. The van der Waals surface area contributed by atoms with Crippen LogP contribution in [0.3, 0.4) is 0 Å². The number of hydrogen-bond donors (Lipinski definition) is 1. The molecule has 8 heteroatoms. The Balaban J connectivity index is 2.04. The van der Waals surface area contributed by atoms with Crippen molar-refractivity contribution in [3.05, 3.63) is 39.9 Å². The Morgan fingerprint density at radius 2 is 2.32 bits per heavy atom. The van der Waals surface area contributed by atoms with Crippen LogP contribution in [0.5, 0.6) is 0 Å². The van der Waals surface area contributed by atoms with E-state index in [0.717, 1.165) is 18.5 Å². The number of rotatable bonds is 6. The number of aromatic nitrogens is 4. The summed E-state index contributed by atoms with van der Waals surface area (Å²) < 4.78 is 1.66. The van der Waals surface area contributed by atoms with Gasteiger partial charge in [-0.05, 0) is 22.4 Å². The highest BCUT2D eigenvalue weighted by molar-refractivity contribution is 5.36. The highest BCUT2D eigenvalue weighted by Crippen LogP contribution is 2.14. The minimum Gasteiger partial charge on any atom is -0.349 e. The number of hydrogen-bond acceptors (Lipinski definition) is 6. The van der Waals surface area contributed by atoms with E-state index in [1.807, 2.05) is 13.0 Å². The van der Waals surface area contributed by atoms with Crippen molar-refractivity contribution >= 4 is 11.6 Å². The van der Waals surface area contributed by atoms with Crippen LogP contribution < -0.4 is 5.32 Å². The zero-order valence-corrected chi connectivity index (χ0v) is 10.5. The van der Waals surface area contributed by atoms with Gasteiger partial charge in [-0.2, -0.15) is 0 Å². The van der Waals surface area contributed by atoms with E-state index in [9.17, 15) is 10.1 Å². The van der Waals surface area contributed by atoms with Gasteiger partial charge in [0.25, 0.3) is 5.69 Å². The van der Waals surface area contributed by atoms with Crippen LogP contribution >= 0.6 is 0 Å².